The van der Waals surface area contributed by atoms with Crippen LogP contribution in [0.5, 0.6) is 0 Å². The van der Waals surface area contributed by atoms with Gasteiger partial charge in [0.2, 0.25) is 6.19 Å². The minimum Gasteiger partial charge on any atom is -0.763 e. The Bertz CT molecular complexity index is 412. The number of aryl methyl sites for hydroxylation is 1. The topological polar surface area (TPSA) is 36.1 Å². The normalized spacial score (nSPS) is 10.3. The molecule has 0 N–H and O–H groups in total. The van der Waals surface area contributed by atoms with Crippen molar-refractivity contribution in [2.45, 2.75) is 13.3 Å². The van der Waals surface area contributed by atoms with E-state index in [-0.39, 0.29) is 40.4 Å². The Morgan fingerprint density at radius 1 is 1.60 bits per heavy atom. The van der Waals surface area contributed by atoms with Crippen LogP contribution in [0.1, 0.15) is 11.1 Å². The van der Waals surface area contributed by atoms with Crippen LogP contribution in [0, 0.1) is 24.2 Å². The summed E-state index contributed by atoms with van der Waals surface area (Å²) in [5.74, 6) is -0.301. The van der Waals surface area contributed by atoms with E-state index < -0.39 is 0 Å². The van der Waals surface area contributed by atoms with Crippen molar-refractivity contribution in [1.82, 2.24) is 0 Å². The smallest absolute Gasteiger partial charge is 0.763 e. The summed E-state index contributed by atoms with van der Waals surface area (Å²) >= 11 is 4.83. The number of hydrogen-bond donors (Lipinski definition) is 0. The molecule has 0 heterocycles. The van der Waals surface area contributed by atoms with E-state index in [1.807, 2.05) is 6.92 Å². The molecule has 0 amide bonds. The third-order valence-electron chi connectivity index (χ3n) is 1.83. The van der Waals surface area contributed by atoms with E-state index in [0.717, 1.165) is 11.1 Å². The molecular formula is C10H8FN2NaS. The van der Waals surface area contributed by atoms with Gasteiger partial charge in [-0.2, -0.15) is 5.26 Å². The molecule has 0 aliphatic heterocycles. The van der Waals surface area contributed by atoms with E-state index in [1.165, 1.54) is 12.1 Å². The van der Waals surface area contributed by atoms with Crippen LogP contribution < -0.4 is 29.6 Å². The van der Waals surface area contributed by atoms with Crippen molar-refractivity contribution < 1.29 is 33.9 Å². The molecule has 0 radical (unpaired) electrons. The maximum absolute atomic E-state index is 12.8. The fourth-order valence-electron chi connectivity index (χ4n) is 1.09. The van der Waals surface area contributed by atoms with Gasteiger partial charge in [-0.1, -0.05) is 11.1 Å². The first kappa shape index (κ1) is 14.5. The van der Waals surface area contributed by atoms with E-state index in [1.54, 1.807) is 12.3 Å². The maximum atomic E-state index is 12.8. The van der Waals surface area contributed by atoms with E-state index in [4.69, 9.17) is 17.9 Å². The van der Waals surface area contributed by atoms with Crippen LogP contribution in [0.25, 0.3) is 0 Å². The van der Waals surface area contributed by atoms with Gasteiger partial charge in [0.25, 0.3) is 0 Å². The first-order valence-electron chi connectivity index (χ1n) is 4.01. The number of hydrogen-bond acceptors (Lipinski definition) is 3. The predicted molar refractivity (Wildman–Crippen MR) is 55.3 cm³/mol. The van der Waals surface area contributed by atoms with Crippen molar-refractivity contribution in [2.24, 2.45) is 4.99 Å². The molecule has 0 aliphatic rings. The van der Waals surface area contributed by atoms with Crippen LogP contribution in [0.2, 0.25) is 0 Å². The Labute approximate surface area is 116 Å². The summed E-state index contributed by atoms with van der Waals surface area (Å²) in [5, 5.41) is 8.54. The van der Waals surface area contributed by atoms with Gasteiger partial charge in [0, 0.05) is 0 Å². The molecule has 0 aromatic heterocycles. The number of halogens is 1. The molecule has 0 saturated heterocycles. The SMILES string of the molecule is Cc1ccc(F)cc1CC([S-])=NC#N.[Na+]. The van der Waals surface area contributed by atoms with Gasteiger partial charge in [-0.15, -0.1) is 0 Å². The molecule has 0 bridgehead atoms. The van der Waals surface area contributed by atoms with E-state index >= 15 is 0 Å². The minimum absolute atomic E-state index is 0. The summed E-state index contributed by atoms with van der Waals surface area (Å²) in [6.07, 6.45) is 1.95. The Balaban J connectivity index is 0.00000196. The summed E-state index contributed by atoms with van der Waals surface area (Å²) in [6, 6.07) is 4.48. The van der Waals surface area contributed by atoms with Gasteiger partial charge in [0.15, 0.2) is 0 Å². The molecule has 0 atom stereocenters. The summed E-state index contributed by atoms with van der Waals surface area (Å²) in [5.41, 5.74) is 1.72. The van der Waals surface area contributed by atoms with Crippen molar-refractivity contribution in [3.05, 3.63) is 35.1 Å². The van der Waals surface area contributed by atoms with Crippen LogP contribution >= 0.6 is 0 Å². The van der Waals surface area contributed by atoms with Crippen molar-refractivity contribution >= 4 is 17.7 Å². The molecule has 2 nitrogen and oxygen atoms in total. The molecule has 1 aromatic rings. The zero-order valence-corrected chi connectivity index (χ0v) is 11.4. The third kappa shape index (κ3) is 4.72. The first-order valence-corrected chi connectivity index (χ1v) is 4.42. The van der Waals surface area contributed by atoms with Crippen molar-refractivity contribution in [3.8, 4) is 6.19 Å². The molecule has 5 heteroatoms. The standard InChI is InChI=1S/C10H9FN2S.Na/c1-7-2-3-9(11)4-8(7)5-10(14)13-6-12;/h2-4H,5H2,1H3,(H,13,14);/q;+1/p-1. The largest absolute Gasteiger partial charge is 1.00 e. The van der Waals surface area contributed by atoms with Gasteiger partial charge in [0.05, 0.1) is 0 Å². The minimum atomic E-state index is -0.301. The monoisotopic (exact) mass is 230 g/mol. The first-order chi connectivity index (χ1) is 6.63. The van der Waals surface area contributed by atoms with Gasteiger partial charge >= 0.3 is 29.6 Å². The maximum Gasteiger partial charge on any atom is 1.00 e. The van der Waals surface area contributed by atoms with Crippen LogP contribution in [0.4, 0.5) is 4.39 Å². The molecule has 0 fully saturated rings. The zero-order valence-electron chi connectivity index (χ0n) is 8.62. The number of benzene rings is 1. The van der Waals surface area contributed by atoms with Gasteiger partial charge in [-0.3, -0.25) is 0 Å². The predicted octanol–water partition coefficient (Wildman–Crippen LogP) is -0.893. The summed E-state index contributed by atoms with van der Waals surface area (Å²) < 4.78 is 12.8. The van der Waals surface area contributed by atoms with E-state index in [2.05, 4.69) is 4.99 Å². The molecule has 0 saturated carbocycles. The van der Waals surface area contributed by atoms with Crippen LogP contribution in [0.3, 0.4) is 0 Å². The van der Waals surface area contributed by atoms with E-state index in [0.29, 0.717) is 6.42 Å². The molecule has 0 aliphatic carbocycles. The van der Waals surface area contributed by atoms with Gasteiger partial charge in [0.1, 0.15) is 5.82 Å². The molecule has 1 aromatic carbocycles. The number of aliphatic imine (C=N–C) groups is 1. The number of rotatable bonds is 2. The molecule has 1 rings (SSSR count). The second-order valence-electron chi connectivity index (χ2n) is 2.85. The average molecular weight is 230 g/mol. The Morgan fingerprint density at radius 3 is 2.87 bits per heavy atom. The molecular weight excluding hydrogens is 222 g/mol. The van der Waals surface area contributed by atoms with Crippen molar-refractivity contribution in [1.29, 1.82) is 5.26 Å². The molecule has 72 valence electrons. The fourth-order valence-corrected chi connectivity index (χ4v) is 1.29. The Morgan fingerprint density at radius 2 is 2.27 bits per heavy atom. The second-order valence-corrected chi connectivity index (χ2v) is 3.32. The van der Waals surface area contributed by atoms with Gasteiger partial charge in [-0.25, -0.2) is 9.38 Å². The fraction of sp³-hybridized carbons (Fsp3) is 0.200. The summed E-state index contributed by atoms with van der Waals surface area (Å²) in [4.78, 5) is 3.41. The van der Waals surface area contributed by atoms with Crippen LogP contribution in [0.15, 0.2) is 23.2 Å². The van der Waals surface area contributed by atoms with Gasteiger partial charge in [-0.05, 0) is 36.6 Å². The Hall–Kier alpha value is -0.470. The van der Waals surface area contributed by atoms with Crippen molar-refractivity contribution in [3.63, 3.8) is 0 Å². The average Bonchev–Trinajstić information content (AvgIpc) is 2.12. The van der Waals surface area contributed by atoms with Crippen LogP contribution in [-0.2, 0) is 19.0 Å². The number of nitriles is 1. The molecule has 15 heavy (non-hydrogen) atoms. The van der Waals surface area contributed by atoms with E-state index in [9.17, 15) is 4.39 Å². The molecule has 0 unspecified atom stereocenters. The molecule has 0 spiro atoms. The summed E-state index contributed by atoms with van der Waals surface area (Å²) in [6.45, 7) is 1.86. The second kappa shape index (κ2) is 6.91. The van der Waals surface area contributed by atoms with Gasteiger partial charge < -0.3 is 12.6 Å². The summed E-state index contributed by atoms with van der Waals surface area (Å²) in [7, 11) is 0. The van der Waals surface area contributed by atoms with Crippen LogP contribution in [-0.4, -0.2) is 5.04 Å². The number of nitrogens with zero attached hydrogens (tertiary/aromatic N) is 2. The van der Waals surface area contributed by atoms with Crippen molar-refractivity contribution in [2.75, 3.05) is 0 Å². The quantitative estimate of drug-likeness (QED) is 0.217. The Kier molecular flexibility index (Phi) is 6.70. The zero-order chi connectivity index (χ0) is 10.6. The third-order valence-corrected chi connectivity index (χ3v) is 2.06.